The second-order valence-corrected chi connectivity index (χ2v) is 5.86. The lowest BCUT2D eigenvalue weighted by Crippen LogP contribution is -2.44. The fourth-order valence-corrected chi connectivity index (χ4v) is 2.96. The van der Waals surface area contributed by atoms with E-state index in [2.05, 4.69) is 5.32 Å². The molecule has 1 saturated heterocycles. The number of hydrogen-bond donors (Lipinski definition) is 1. The SMILES string of the molecule is CCOC(=O)N1CCC(NCc2c(Cl)cccc2Cl)CC1. The Balaban J connectivity index is 1.80. The maximum atomic E-state index is 11.6. The molecular weight excluding hydrogens is 311 g/mol. The van der Waals surface area contributed by atoms with Gasteiger partial charge in [0.1, 0.15) is 0 Å². The maximum Gasteiger partial charge on any atom is 0.409 e. The summed E-state index contributed by atoms with van der Waals surface area (Å²) < 4.78 is 5.01. The van der Waals surface area contributed by atoms with Crippen molar-refractivity contribution in [3.8, 4) is 0 Å². The van der Waals surface area contributed by atoms with Gasteiger partial charge in [0, 0.05) is 41.3 Å². The summed E-state index contributed by atoms with van der Waals surface area (Å²) in [5.41, 5.74) is 0.925. The Kier molecular flexibility index (Phi) is 6.15. The molecule has 1 heterocycles. The molecule has 1 aliphatic heterocycles. The molecule has 2 rings (SSSR count). The molecule has 1 amide bonds. The fourth-order valence-electron chi connectivity index (χ4n) is 2.43. The quantitative estimate of drug-likeness (QED) is 0.915. The lowest BCUT2D eigenvalue weighted by molar-refractivity contribution is 0.0950. The van der Waals surface area contributed by atoms with Crippen LogP contribution in [0.15, 0.2) is 18.2 Å². The van der Waals surface area contributed by atoms with E-state index in [-0.39, 0.29) is 6.09 Å². The number of carbonyl (C=O) groups is 1. The molecule has 0 radical (unpaired) electrons. The van der Waals surface area contributed by atoms with Gasteiger partial charge in [-0.1, -0.05) is 29.3 Å². The number of benzene rings is 1. The molecule has 0 aromatic heterocycles. The van der Waals surface area contributed by atoms with Gasteiger partial charge in [0.25, 0.3) is 0 Å². The number of piperidine rings is 1. The zero-order chi connectivity index (χ0) is 15.2. The van der Waals surface area contributed by atoms with Crippen molar-refractivity contribution in [2.45, 2.75) is 32.4 Å². The Labute approximate surface area is 135 Å². The first kappa shape index (κ1) is 16.4. The van der Waals surface area contributed by atoms with E-state index in [0.29, 0.717) is 42.3 Å². The largest absolute Gasteiger partial charge is 0.450 e. The van der Waals surface area contributed by atoms with Crippen LogP contribution < -0.4 is 5.32 Å². The van der Waals surface area contributed by atoms with Gasteiger partial charge in [-0.3, -0.25) is 0 Å². The van der Waals surface area contributed by atoms with Crippen molar-refractivity contribution in [3.63, 3.8) is 0 Å². The Hall–Kier alpha value is -0.970. The van der Waals surface area contributed by atoms with E-state index in [1.54, 1.807) is 4.90 Å². The number of carbonyl (C=O) groups excluding carboxylic acids is 1. The molecule has 0 aliphatic carbocycles. The summed E-state index contributed by atoms with van der Waals surface area (Å²) in [5, 5.41) is 4.82. The Bertz CT molecular complexity index is 468. The summed E-state index contributed by atoms with van der Waals surface area (Å²) in [5.74, 6) is 0. The molecule has 21 heavy (non-hydrogen) atoms. The smallest absolute Gasteiger partial charge is 0.409 e. The van der Waals surface area contributed by atoms with Gasteiger partial charge in [-0.15, -0.1) is 0 Å². The minimum atomic E-state index is -0.218. The minimum absolute atomic E-state index is 0.218. The predicted molar refractivity (Wildman–Crippen MR) is 84.9 cm³/mol. The third kappa shape index (κ3) is 4.50. The van der Waals surface area contributed by atoms with E-state index in [0.717, 1.165) is 18.4 Å². The fraction of sp³-hybridized carbons (Fsp3) is 0.533. The standard InChI is InChI=1S/C15H20Cl2N2O2/c1-2-21-15(20)19-8-6-11(7-9-19)18-10-12-13(16)4-3-5-14(12)17/h3-5,11,18H,2,6-10H2,1H3. The van der Waals surface area contributed by atoms with Crippen LogP contribution in [0.5, 0.6) is 0 Å². The van der Waals surface area contributed by atoms with Crippen LogP contribution in [-0.4, -0.2) is 36.7 Å². The monoisotopic (exact) mass is 330 g/mol. The van der Waals surface area contributed by atoms with E-state index in [1.165, 1.54) is 0 Å². The van der Waals surface area contributed by atoms with Crippen LogP contribution in [0.2, 0.25) is 10.0 Å². The summed E-state index contributed by atoms with van der Waals surface area (Å²) in [7, 11) is 0. The summed E-state index contributed by atoms with van der Waals surface area (Å²) in [6.45, 7) is 4.31. The molecule has 0 spiro atoms. The van der Waals surface area contributed by atoms with E-state index in [4.69, 9.17) is 27.9 Å². The molecular formula is C15H20Cl2N2O2. The average Bonchev–Trinajstić information content (AvgIpc) is 2.47. The number of rotatable bonds is 4. The van der Waals surface area contributed by atoms with Crippen molar-refractivity contribution in [1.29, 1.82) is 0 Å². The van der Waals surface area contributed by atoms with E-state index < -0.39 is 0 Å². The summed E-state index contributed by atoms with van der Waals surface area (Å²) in [4.78, 5) is 13.4. The normalized spacial score (nSPS) is 16.0. The zero-order valence-electron chi connectivity index (χ0n) is 12.1. The summed E-state index contributed by atoms with van der Waals surface area (Å²) in [6, 6.07) is 5.89. The summed E-state index contributed by atoms with van der Waals surface area (Å²) >= 11 is 12.3. The average molecular weight is 331 g/mol. The highest BCUT2D eigenvalue weighted by atomic mass is 35.5. The van der Waals surface area contributed by atoms with Crippen molar-refractivity contribution < 1.29 is 9.53 Å². The van der Waals surface area contributed by atoms with Crippen molar-refractivity contribution in [2.24, 2.45) is 0 Å². The molecule has 1 N–H and O–H groups in total. The highest BCUT2D eigenvalue weighted by Gasteiger charge is 2.23. The molecule has 1 aromatic rings. The van der Waals surface area contributed by atoms with Crippen LogP contribution in [0, 0.1) is 0 Å². The first-order valence-electron chi connectivity index (χ1n) is 7.19. The molecule has 116 valence electrons. The molecule has 0 bridgehead atoms. The number of nitrogens with zero attached hydrogens (tertiary/aromatic N) is 1. The zero-order valence-corrected chi connectivity index (χ0v) is 13.6. The molecule has 0 saturated carbocycles. The number of hydrogen-bond acceptors (Lipinski definition) is 3. The first-order chi connectivity index (χ1) is 10.1. The first-order valence-corrected chi connectivity index (χ1v) is 7.95. The van der Waals surface area contributed by atoms with Crippen molar-refractivity contribution in [3.05, 3.63) is 33.8 Å². The molecule has 1 fully saturated rings. The lowest BCUT2D eigenvalue weighted by Gasteiger charge is -2.31. The number of nitrogens with one attached hydrogen (secondary N) is 1. The van der Waals surface area contributed by atoms with Gasteiger partial charge < -0.3 is 15.0 Å². The van der Waals surface area contributed by atoms with E-state index in [9.17, 15) is 4.79 Å². The summed E-state index contributed by atoms with van der Waals surface area (Å²) in [6.07, 6.45) is 1.59. The lowest BCUT2D eigenvalue weighted by atomic mass is 10.0. The highest BCUT2D eigenvalue weighted by Crippen LogP contribution is 2.24. The van der Waals surface area contributed by atoms with Crippen molar-refractivity contribution >= 4 is 29.3 Å². The Morgan fingerprint density at radius 2 is 1.95 bits per heavy atom. The van der Waals surface area contributed by atoms with Gasteiger partial charge in [-0.2, -0.15) is 0 Å². The molecule has 1 aromatic carbocycles. The van der Waals surface area contributed by atoms with Crippen molar-refractivity contribution in [2.75, 3.05) is 19.7 Å². The second-order valence-electron chi connectivity index (χ2n) is 5.04. The maximum absolute atomic E-state index is 11.6. The van der Waals surface area contributed by atoms with Crippen LogP contribution in [0.25, 0.3) is 0 Å². The molecule has 4 nitrogen and oxygen atoms in total. The van der Waals surface area contributed by atoms with Gasteiger partial charge in [0.2, 0.25) is 0 Å². The van der Waals surface area contributed by atoms with Gasteiger partial charge >= 0.3 is 6.09 Å². The van der Waals surface area contributed by atoms with E-state index in [1.807, 2.05) is 25.1 Å². The highest BCUT2D eigenvalue weighted by molar-refractivity contribution is 6.35. The Morgan fingerprint density at radius 3 is 2.52 bits per heavy atom. The van der Waals surface area contributed by atoms with Gasteiger partial charge in [0.05, 0.1) is 6.61 Å². The molecule has 0 atom stereocenters. The van der Waals surface area contributed by atoms with Crippen LogP contribution in [0.3, 0.4) is 0 Å². The number of amides is 1. The molecule has 6 heteroatoms. The van der Waals surface area contributed by atoms with Gasteiger partial charge in [0.15, 0.2) is 0 Å². The topological polar surface area (TPSA) is 41.6 Å². The van der Waals surface area contributed by atoms with Crippen LogP contribution >= 0.6 is 23.2 Å². The molecule has 0 unspecified atom stereocenters. The number of halogens is 2. The van der Waals surface area contributed by atoms with E-state index >= 15 is 0 Å². The van der Waals surface area contributed by atoms with Crippen LogP contribution in [0.4, 0.5) is 4.79 Å². The third-order valence-electron chi connectivity index (χ3n) is 3.65. The van der Waals surface area contributed by atoms with Gasteiger partial charge in [-0.25, -0.2) is 4.79 Å². The third-order valence-corrected chi connectivity index (χ3v) is 4.36. The van der Waals surface area contributed by atoms with Crippen LogP contribution in [0.1, 0.15) is 25.3 Å². The van der Waals surface area contributed by atoms with Crippen LogP contribution in [-0.2, 0) is 11.3 Å². The predicted octanol–water partition coefficient (Wildman–Crippen LogP) is 3.70. The number of likely N-dealkylation sites (tertiary alicyclic amines) is 1. The second kappa shape index (κ2) is 7.87. The van der Waals surface area contributed by atoms with Crippen molar-refractivity contribution in [1.82, 2.24) is 10.2 Å². The minimum Gasteiger partial charge on any atom is -0.450 e. The van der Waals surface area contributed by atoms with Gasteiger partial charge in [-0.05, 0) is 31.9 Å². The molecule has 1 aliphatic rings. The Morgan fingerprint density at radius 1 is 1.33 bits per heavy atom. The number of ether oxygens (including phenoxy) is 1.